The molecule has 0 amide bonds. The van der Waals surface area contributed by atoms with Crippen molar-refractivity contribution in [3.8, 4) is 5.75 Å². The Bertz CT molecular complexity index is 697. The van der Waals surface area contributed by atoms with Crippen LogP contribution in [0.1, 0.15) is 50.7 Å². The third-order valence-corrected chi connectivity index (χ3v) is 5.95. The molecule has 2 aliphatic rings. The molecule has 0 radical (unpaired) electrons. The fourth-order valence-electron chi connectivity index (χ4n) is 4.42. The smallest absolute Gasteiger partial charge is 0.406 e. The number of rotatable bonds is 6. The lowest BCUT2D eigenvalue weighted by molar-refractivity contribution is -0.274. The maximum Gasteiger partial charge on any atom is 0.573 e. The fourth-order valence-corrected chi connectivity index (χ4v) is 4.42. The van der Waals surface area contributed by atoms with Crippen LogP contribution in [0.5, 0.6) is 5.75 Å². The third-order valence-electron chi connectivity index (χ3n) is 5.95. The number of halogens is 3. The number of fused-ring (bicyclic) bond motifs is 2. The van der Waals surface area contributed by atoms with Gasteiger partial charge in [0, 0.05) is 24.7 Å². The monoisotopic (exact) mass is 428 g/mol. The maximum atomic E-state index is 12.3. The predicted octanol–water partition coefficient (Wildman–Crippen LogP) is 3.19. The molecular weight excluding hydrogens is 397 g/mol. The molecule has 1 aromatic carbocycles. The van der Waals surface area contributed by atoms with E-state index in [1.54, 1.807) is 0 Å². The largest absolute Gasteiger partial charge is 0.573 e. The maximum absolute atomic E-state index is 12.3. The van der Waals surface area contributed by atoms with Crippen LogP contribution >= 0.6 is 0 Å². The zero-order chi connectivity index (χ0) is 21.7. The van der Waals surface area contributed by atoms with E-state index in [1.807, 2.05) is 6.92 Å². The highest BCUT2D eigenvalue weighted by Crippen LogP contribution is 2.32. The standard InChI is InChI=1S/C21H31F3N4O2/c1-3-25-20(27-15-11-16-5-4-6-17(12-15)28(16)2)26-13-19(29)14-7-9-18(10-8-14)30-21(22,23)24/h7-10,15-17,19,29H,3-6,11-13H2,1-2H3,(H2,25,26,27). The zero-order valence-electron chi connectivity index (χ0n) is 17.5. The minimum Gasteiger partial charge on any atom is -0.406 e. The van der Waals surface area contributed by atoms with Gasteiger partial charge in [-0.3, -0.25) is 4.99 Å². The van der Waals surface area contributed by atoms with Crippen LogP contribution in [-0.2, 0) is 0 Å². The number of hydrogen-bond acceptors (Lipinski definition) is 4. The molecule has 0 aromatic heterocycles. The van der Waals surface area contributed by atoms with Crippen molar-refractivity contribution in [1.82, 2.24) is 15.5 Å². The van der Waals surface area contributed by atoms with Crippen molar-refractivity contribution < 1.29 is 23.0 Å². The van der Waals surface area contributed by atoms with Gasteiger partial charge in [-0.25, -0.2) is 0 Å². The Morgan fingerprint density at radius 1 is 1.23 bits per heavy atom. The van der Waals surface area contributed by atoms with Crippen LogP contribution in [0.25, 0.3) is 0 Å². The van der Waals surface area contributed by atoms with Gasteiger partial charge in [-0.15, -0.1) is 13.2 Å². The molecule has 168 valence electrons. The first-order chi connectivity index (χ1) is 14.2. The van der Waals surface area contributed by atoms with Crippen LogP contribution < -0.4 is 15.4 Å². The summed E-state index contributed by atoms with van der Waals surface area (Å²) in [7, 11) is 2.21. The first-order valence-electron chi connectivity index (χ1n) is 10.6. The van der Waals surface area contributed by atoms with Gasteiger partial charge in [0.25, 0.3) is 0 Å². The molecule has 2 saturated heterocycles. The van der Waals surface area contributed by atoms with Crippen molar-refractivity contribution in [1.29, 1.82) is 0 Å². The van der Waals surface area contributed by atoms with Crippen molar-refractivity contribution in [2.24, 2.45) is 4.99 Å². The Morgan fingerprint density at radius 2 is 1.87 bits per heavy atom. The average molecular weight is 428 g/mol. The normalized spacial score (nSPS) is 26.2. The fraction of sp³-hybridized carbons (Fsp3) is 0.667. The number of alkyl halides is 3. The molecule has 30 heavy (non-hydrogen) atoms. The molecule has 0 saturated carbocycles. The molecule has 3 unspecified atom stereocenters. The van der Waals surface area contributed by atoms with E-state index in [4.69, 9.17) is 0 Å². The van der Waals surface area contributed by atoms with E-state index in [9.17, 15) is 18.3 Å². The van der Waals surface area contributed by atoms with Crippen molar-refractivity contribution in [3.63, 3.8) is 0 Å². The Kier molecular flexibility index (Phi) is 7.46. The third kappa shape index (κ3) is 6.25. The highest BCUT2D eigenvalue weighted by Gasteiger charge is 2.36. The molecule has 0 aliphatic carbocycles. The molecule has 2 heterocycles. The average Bonchev–Trinajstić information content (AvgIpc) is 2.66. The molecule has 2 aliphatic heterocycles. The molecule has 6 nitrogen and oxygen atoms in total. The Hall–Kier alpha value is -2.00. The highest BCUT2D eigenvalue weighted by atomic mass is 19.4. The van der Waals surface area contributed by atoms with Crippen LogP contribution in [0.2, 0.25) is 0 Å². The summed E-state index contributed by atoms with van der Waals surface area (Å²) in [5.74, 6) is 0.339. The lowest BCUT2D eigenvalue weighted by Crippen LogP contribution is -2.56. The molecule has 9 heteroatoms. The first kappa shape index (κ1) is 22.7. The summed E-state index contributed by atoms with van der Waals surface area (Å²) in [6.45, 7) is 2.79. The van der Waals surface area contributed by atoms with Gasteiger partial charge in [0.05, 0.1) is 12.6 Å². The van der Waals surface area contributed by atoms with Crippen LogP contribution in [0.4, 0.5) is 13.2 Å². The van der Waals surface area contributed by atoms with Gasteiger partial charge in [-0.05, 0) is 57.4 Å². The molecule has 3 N–H and O–H groups in total. The van der Waals surface area contributed by atoms with Gasteiger partial charge >= 0.3 is 6.36 Å². The minimum atomic E-state index is -4.73. The summed E-state index contributed by atoms with van der Waals surface area (Å²) in [6, 6.07) is 6.75. The Labute approximate surface area is 175 Å². The summed E-state index contributed by atoms with van der Waals surface area (Å²) < 4.78 is 40.7. The van der Waals surface area contributed by atoms with Crippen molar-refractivity contribution in [3.05, 3.63) is 29.8 Å². The van der Waals surface area contributed by atoms with Crippen molar-refractivity contribution in [2.45, 2.75) is 69.6 Å². The second kappa shape index (κ2) is 9.87. The summed E-state index contributed by atoms with van der Waals surface area (Å²) in [5, 5.41) is 17.1. The second-order valence-electron chi connectivity index (χ2n) is 8.07. The summed E-state index contributed by atoms with van der Waals surface area (Å²) in [4.78, 5) is 7.00. The van der Waals surface area contributed by atoms with Crippen molar-refractivity contribution >= 4 is 5.96 Å². The van der Waals surface area contributed by atoms with E-state index >= 15 is 0 Å². The molecule has 0 spiro atoms. The summed E-state index contributed by atoms with van der Waals surface area (Å²) in [6.07, 6.45) is 0.235. The Balaban J connectivity index is 1.57. The van der Waals surface area contributed by atoms with Gasteiger partial charge in [-0.1, -0.05) is 18.6 Å². The molecule has 2 bridgehead atoms. The Morgan fingerprint density at radius 3 is 2.43 bits per heavy atom. The van der Waals surface area contributed by atoms with E-state index in [0.717, 1.165) is 12.8 Å². The summed E-state index contributed by atoms with van der Waals surface area (Å²) in [5.41, 5.74) is 0.484. The molecule has 3 atom stereocenters. The van der Waals surface area contributed by atoms with Crippen LogP contribution in [-0.4, -0.2) is 60.6 Å². The first-order valence-corrected chi connectivity index (χ1v) is 10.6. The lowest BCUT2D eigenvalue weighted by Gasteiger charge is -2.47. The SMILES string of the molecule is CCNC(=NCC(O)c1ccc(OC(F)(F)F)cc1)NC1CC2CCCC(C1)N2C. The molecular formula is C21H31F3N4O2. The van der Waals surface area contributed by atoms with E-state index in [0.29, 0.717) is 36.2 Å². The number of hydrogen-bond donors (Lipinski definition) is 3. The van der Waals surface area contributed by atoms with Gasteiger partial charge in [0.15, 0.2) is 5.96 Å². The quantitative estimate of drug-likeness (QED) is 0.480. The minimum absolute atomic E-state index is 0.105. The number of aliphatic hydroxyl groups excluding tert-OH is 1. The topological polar surface area (TPSA) is 69.1 Å². The predicted molar refractivity (Wildman–Crippen MR) is 109 cm³/mol. The van der Waals surface area contributed by atoms with Gasteiger partial charge in [0.2, 0.25) is 0 Å². The van der Waals surface area contributed by atoms with Crippen LogP contribution in [0, 0.1) is 0 Å². The molecule has 3 rings (SSSR count). The van der Waals surface area contributed by atoms with Gasteiger partial charge < -0.3 is 25.4 Å². The highest BCUT2D eigenvalue weighted by molar-refractivity contribution is 5.80. The van der Waals surface area contributed by atoms with Gasteiger partial charge in [0.1, 0.15) is 5.75 Å². The van der Waals surface area contributed by atoms with E-state index < -0.39 is 12.5 Å². The number of piperidine rings is 2. The number of ether oxygens (including phenoxy) is 1. The van der Waals surface area contributed by atoms with Crippen LogP contribution in [0.15, 0.2) is 29.3 Å². The lowest BCUT2D eigenvalue weighted by atomic mass is 9.82. The van der Waals surface area contributed by atoms with Crippen LogP contribution in [0.3, 0.4) is 0 Å². The van der Waals surface area contributed by atoms with E-state index in [2.05, 4.69) is 32.3 Å². The molecule has 2 fully saturated rings. The number of aliphatic imine (C=N–C) groups is 1. The second-order valence-corrected chi connectivity index (χ2v) is 8.07. The van der Waals surface area contributed by atoms with E-state index in [1.165, 1.54) is 43.5 Å². The number of benzene rings is 1. The zero-order valence-corrected chi connectivity index (χ0v) is 17.5. The summed E-state index contributed by atoms with van der Waals surface area (Å²) >= 11 is 0. The van der Waals surface area contributed by atoms with Gasteiger partial charge in [-0.2, -0.15) is 0 Å². The van der Waals surface area contributed by atoms with E-state index in [-0.39, 0.29) is 12.3 Å². The number of aliphatic hydroxyl groups is 1. The number of nitrogens with zero attached hydrogens (tertiary/aromatic N) is 2. The van der Waals surface area contributed by atoms with Crippen molar-refractivity contribution in [2.75, 3.05) is 20.1 Å². The number of guanidine groups is 1. The molecule has 1 aromatic rings. The number of nitrogens with one attached hydrogen (secondary N) is 2.